The third kappa shape index (κ3) is 2.38. The van der Waals surface area contributed by atoms with Crippen LogP contribution in [-0.4, -0.2) is 48.6 Å². The molecule has 0 aromatic carbocycles. The number of hydrogen-bond donors (Lipinski definition) is 3. The van der Waals surface area contributed by atoms with Gasteiger partial charge in [0.05, 0.1) is 0 Å². The fourth-order valence-electron chi connectivity index (χ4n) is 1.69. The van der Waals surface area contributed by atoms with E-state index in [-0.39, 0.29) is 6.03 Å². The molecule has 2 rings (SSSR count). The number of primary amides is 1. The van der Waals surface area contributed by atoms with Gasteiger partial charge in [-0.05, 0) is 12.8 Å². The zero-order valence-corrected chi connectivity index (χ0v) is 8.53. The lowest BCUT2D eigenvalue weighted by Crippen LogP contribution is -2.61. The van der Waals surface area contributed by atoms with Gasteiger partial charge in [-0.15, -0.1) is 0 Å². The third-order valence-corrected chi connectivity index (χ3v) is 2.74. The Morgan fingerprint density at radius 1 is 1.40 bits per heavy atom. The van der Waals surface area contributed by atoms with E-state index in [1.54, 1.807) is 0 Å². The van der Waals surface area contributed by atoms with Crippen molar-refractivity contribution in [3.63, 3.8) is 0 Å². The van der Waals surface area contributed by atoms with Gasteiger partial charge in [0.25, 0.3) is 0 Å². The quantitative estimate of drug-likeness (QED) is 0.527. The van der Waals surface area contributed by atoms with E-state index >= 15 is 0 Å². The van der Waals surface area contributed by atoms with Gasteiger partial charge in [0.1, 0.15) is 6.04 Å². The van der Waals surface area contributed by atoms with Gasteiger partial charge in [-0.25, -0.2) is 4.79 Å². The highest BCUT2D eigenvalue weighted by atomic mass is 16.2. The van der Waals surface area contributed by atoms with Gasteiger partial charge in [-0.1, -0.05) is 0 Å². The molecule has 1 atom stereocenters. The highest BCUT2D eigenvalue weighted by Gasteiger charge is 2.33. The summed E-state index contributed by atoms with van der Waals surface area (Å²) in [7, 11) is 0. The average molecular weight is 212 g/mol. The summed E-state index contributed by atoms with van der Waals surface area (Å²) < 4.78 is 0. The molecule has 1 heterocycles. The van der Waals surface area contributed by atoms with Crippen molar-refractivity contribution in [2.24, 2.45) is 5.73 Å². The Hall–Kier alpha value is -1.30. The maximum Gasteiger partial charge on any atom is 0.318 e. The lowest BCUT2D eigenvalue weighted by molar-refractivity contribution is -0.122. The van der Waals surface area contributed by atoms with Gasteiger partial charge in [0, 0.05) is 25.7 Å². The fraction of sp³-hybridized carbons (Fsp3) is 0.778. The van der Waals surface area contributed by atoms with Crippen LogP contribution in [0.2, 0.25) is 0 Å². The largest absolute Gasteiger partial charge is 0.368 e. The highest BCUT2D eigenvalue weighted by Crippen LogP contribution is 2.19. The minimum Gasteiger partial charge on any atom is -0.368 e. The Labute approximate surface area is 88.2 Å². The lowest BCUT2D eigenvalue weighted by atomic mass is 10.2. The van der Waals surface area contributed by atoms with Gasteiger partial charge in [0.2, 0.25) is 5.91 Å². The van der Waals surface area contributed by atoms with Crippen molar-refractivity contribution in [3.05, 3.63) is 0 Å². The van der Waals surface area contributed by atoms with Crippen molar-refractivity contribution in [1.82, 2.24) is 15.5 Å². The summed E-state index contributed by atoms with van der Waals surface area (Å²) in [5, 5.41) is 5.91. The third-order valence-electron chi connectivity index (χ3n) is 2.74. The summed E-state index contributed by atoms with van der Waals surface area (Å²) in [5.41, 5.74) is 5.24. The van der Waals surface area contributed by atoms with Gasteiger partial charge < -0.3 is 21.3 Å². The van der Waals surface area contributed by atoms with E-state index in [9.17, 15) is 9.59 Å². The topological polar surface area (TPSA) is 87.5 Å². The Kier molecular flexibility index (Phi) is 2.77. The Morgan fingerprint density at radius 2 is 2.13 bits per heavy atom. The van der Waals surface area contributed by atoms with Crippen LogP contribution in [-0.2, 0) is 4.79 Å². The second kappa shape index (κ2) is 4.06. The van der Waals surface area contributed by atoms with Crippen LogP contribution in [0.1, 0.15) is 12.8 Å². The van der Waals surface area contributed by atoms with Gasteiger partial charge in [-0.2, -0.15) is 0 Å². The Bertz CT molecular complexity index is 277. The standard InChI is InChI=1S/C9H16N4O2/c10-8(14)7-5-11-3-4-13(7)9(15)12-6-1-2-6/h6-7,11H,1-5H2,(H2,10,14)(H,12,15). The highest BCUT2D eigenvalue weighted by molar-refractivity contribution is 5.86. The smallest absolute Gasteiger partial charge is 0.318 e. The molecule has 2 aliphatic rings. The SMILES string of the molecule is NC(=O)C1CNCCN1C(=O)NC1CC1. The molecule has 0 radical (unpaired) electrons. The monoisotopic (exact) mass is 212 g/mol. The molecule has 0 aromatic rings. The second-order valence-corrected chi connectivity index (χ2v) is 4.04. The van der Waals surface area contributed by atoms with Crippen LogP contribution in [0.5, 0.6) is 0 Å². The summed E-state index contributed by atoms with van der Waals surface area (Å²) in [6, 6.07) is -0.374. The summed E-state index contributed by atoms with van der Waals surface area (Å²) in [6.07, 6.45) is 2.08. The number of amides is 3. The van der Waals surface area contributed by atoms with Crippen molar-refractivity contribution in [1.29, 1.82) is 0 Å². The maximum absolute atomic E-state index is 11.7. The lowest BCUT2D eigenvalue weighted by Gasteiger charge is -2.34. The number of rotatable bonds is 2. The van der Waals surface area contributed by atoms with Crippen LogP contribution in [0.4, 0.5) is 4.79 Å². The van der Waals surface area contributed by atoms with Crippen molar-refractivity contribution in [2.45, 2.75) is 24.9 Å². The van der Waals surface area contributed by atoms with Crippen molar-refractivity contribution < 1.29 is 9.59 Å². The molecule has 1 aliphatic heterocycles. The first-order valence-electron chi connectivity index (χ1n) is 5.25. The fourth-order valence-corrected chi connectivity index (χ4v) is 1.69. The molecule has 3 amide bonds. The van der Waals surface area contributed by atoms with E-state index in [2.05, 4.69) is 10.6 Å². The number of nitrogens with two attached hydrogens (primary N) is 1. The molecule has 2 fully saturated rings. The number of piperazine rings is 1. The summed E-state index contributed by atoms with van der Waals surface area (Å²) in [6.45, 7) is 1.70. The van der Waals surface area contributed by atoms with E-state index in [0.29, 0.717) is 25.7 Å². The molecule has 1 saturated carbocycles. The normalized spacial score (nSPS) is 26.1. The van der Waals surface area contributed by atoms with Crippen LogP contribution in [0, 0.1) is 0 Å². The van der Waals surface area contributed by atoms with Gasteiger partial charge in [-0.3, -0.25) is 4.79 Å². The predicted octanol–water partition coefficient (Wildman–Crippen LogP) is -1.38. The first-order valence-corrected chi connectivity index (χ1v) is 5.25. The maximum atomic E-state index is 11.7. The van der Waals surface area contributed by atoms with Crippen molar-refractivity contribution in [2.75, 3.05) is 19.6 Å². The van der Waals surface area contributed by atoms with E-state index in [1.807, 2.05) is 0 Å². The van der Waals surface area contributed by atoms with E-state index in [4.69, 9.17) is 5.73 Å². The number of urea groups is 1. The molecule has 15 heavy (non-hydrogen) atoms. The number of carbonyl (C=O) groups is 2. The van der Waals surface area contributed by atoms with Gasteiger partial charge in [0.15, 0.2) is 0 Å². The number of nitrogens with zero attached hydrogens (tertiary/aromatic N) is 1. The first kappa shape index (κ1) is 10.2. The van der Waals surface area contributed by atoms with Crippen molar-refractivity contribution >= 4 is 11.9 Å². The van der Waals surface area contributed by atoms with Crippen molar-refractivity contribution in [3.8, 4) is 0 Å². The molecule has 84 valence electrons. The summed E-state index contributed by atoms with van der Waals surface area (Å²) in [5.74, 6) is -0.451. The van der Waals surface area contributed by atoms with Crippen LogP contribution >= 0.6 is 0 Å². The number of carbonyl (C=O) groups excluding carboxylic acids is 2. The summed E-state index contributed by atoms with van der Waals surface area (Å²) in [4.78, 5) is 24.4. The molecule has 0 aromatic heterocycles. The molecule has 6 nitrogen and oxygen atoms in total. The molecular formula is C9H16N4O2. The molecule has 0 spiro atoms. The van der Waals surface area contributed by atoms with Crippen LogP contribution in [0.15, 0.2) is 0 Å². The van der Waals surface area contributed by atoms with Crippen LogP contribution in [0.3, 0.4) is 0 Å². The van der Waals surface area contributed by atoms with E-state index in [1.165, 1.54) is 4.90 Å². The zero-order valence-electron chi connectivity index (χ0n) is 8.53. The molecule has 0 bridgehead atoms. The predicted molar refractivity (Wildman–Crippen MR) is 54.1 cm³/mol. The summed E-state index contributed by atoms with van der Waals surface area (Å²) >= 11 is 0. The number of hydrogen-bond acceptors (Lipinski definition) is 3. The minimum atomic E-state index is -0.516. The number of nitrogens with one attached hydrogen (secondary N) is 2. The second-order valence-electron chi connectivity index (χ2n) is 4.04. The van der Waals surface area contributed by atoms with Crippen LogP contribution < -0.4 is 16.4 Å². The molecule has 1 aliphatic carbocycles. The Balaban J connectivity index is 1.96. The van der Waals surface area contributed by atoms with Crippen LogP contribution in [0.25, 0.3) is 0 Å². The minimum absolute atomic E-state index is 0.164. The molecule has 6 heteroatoms. The first-order chi connectivity index (χ1) is 7.18. The molecule has 1 saturated heterocycles. The van der Waals surface area contributed by atoms with E-state index < -0.39 is 11.9 Å². The molecular weight excluding hydrogens is 196 g/mol. The van der Waals surface area contributed by atoms with Gasteiger partial charge >= 0.3 is 6.03 Å². The molecule has 4 N–H and O–H groups in total. The molecule has 1 unspecified atom stereocenters. The Morgan fingerprint density at radius 3 is 2.73 bits per heavy atom. The van der Waals surface area contributed by atoms with E-state index in [0.717, 1.165) is 12.8 Å². The zero-order chi connectivity index (χ0) is 10.8. The average Bonchev–Trinajstić information content (AvgIpc) is 3.01.